The molecule has 0 aromatic heterocycles. The molecular weight excluding hydrogens is 220 g/mol. The van der Waals surface area contributed by atoms with Crippen molar-refractivity contribution in [3.8, 4) is 0 Å². The fourth-order valence-electron chi connectivity index (χ4n) is 3.77. The van der Waals surface area contributed by atoms with Gasteiger partial charge in [0.15, 0.2) is 5.79 Å². The summed E-state index contributed by atoms with van der Waals surface area (Å²) in [5.74, 6) is 0.468. The molecule has 2 bridgehead atoms. The lowest BCUT2D eigenvalue weighted by Crippen LogP contribution is -2.53. The zero-order chi connectivity index (χ0) is 11.9. The molecule has 0 unspecified atom stereocenters. The van der Waals surface area contributed by atoms with Crippen molar-refractivity contribution < 1.29 is 19.0 Å². The van der Waals surface area contributed by atoms with E-state index < -0.39 is 0 Å². The van der Waals surface area contributed by atoms with E-state index in [0.29, 0.717) is 31.7 Å². The third-order valence-electron chi connectivity index (χ3n) is 4.53. The second-order valence-electron chi connectivity index (χ2n) is 5.34. The van der Waals surface area contributed by atoms with E-state index in [4.69, 9.17) is 14.2 Å². The number of rotatable bonds is 2. The molecule has 3 atom stereocenters. The summed E-state index contributed by atoms with van der Waals surface area (Å²) >= 11 is 0. The average molecular weight is 240 g/mol. The normalized spacial score (nSPS) is 38.5. The molecule has 1 heterocycles. The summed E-state index contributed by atoms with van der Waals surface area (Å²) in [6.45, 7) is 3.75. The molecule has 1 aliphatic heterocycles. The molecule has 4 aliphatic rings. The fourth-order valence-corrected chi connectivity index (χ4v) is 3.77. The first kappa shape index (κ1) is 11.5. The van der Waals surface area contributed by atoms with E-state index in [1.807, 2.05) is 6.92 Å². The highest BCUT2D eigenvalue weighted by atomic mass is 16.7. The molecule has 96 valence electrons. The Morgan fingerprint density at radius 1 is 1.35 bits per heavy atom. The first-order valence-electron chi connectivity index (χ1n) is 6.70. The minimum atomic E-state index is -0.355. The van der Waals surface area contributed by atoms with Crippen LogP contribution in [0.5, 0.6) is 0 Å². The van der Waals surface area contributed by atoms with Gasteiger partial charge in [-0.05, 0) is 32.1 Å². The summed E-state index contributed by atoms with van der Waals surface area (Å²) in [6, 6.07) is 0. The number of esters is 1. The number of fused-ring (bicyclic) bond motifs is 2. The van der Waals surface area contributed by atoms with Crippen molar-refractivity contribution in [2.24, 2.45) is 17.8 Å². The largest absolute Gasteiger partial charge is 0.466 e. The molecule has 4 nitrogen and oxygen atoms in total. The Balaban J connectivity index is 1.73. The zero-order valence-corrected chi connectivity index (χ0v) is 10.3. The summed E-state index contributed by atoms with van der Waals surface area (Å²) in [6.07, 6.45) is 3.99. The first-order chi connectivity index (χ1) is 8.25. The van der Waals surface area contributed by atoms with Crippen molar-refractivity contribution in [3.05, 3.63) is 0 Å². The van der Waals surface area contributed by atoms with Crippen LogP contribution in [0.15, 0.2) is 0 Å². The second-order valence-corrected chi connectivity index (χ2v) is 5.34. The van der Waals surface area contributed by atoms with E-state index in [2.05, 4.69) is 0 Å². The summed E-state index contributed by atoms with van der Waals surface area (Å²) in [5, 5.41) is 0. The Labute approximate surface area is 102 Å². The van der Waals surface area contributed by atoms with Crippen LogP contribution in [-0.2, 0) is 19.0 Å². The van der Waals surface area contributed by atoms with E-state index in [0.717, 1.165) is 25.7 Å². The van der Waals surface area contributed by atoms with Gasteiger partial charge in [-0.3, -0.25) is 4.79 Å². The Hall–Kier alpha value is -0.610. The molecular formula is C13H20O4. The highest BCUT2D eigenvalue weighted by Crippen LogP contribution is 2.53. The minimum absolute atomic E-state index is 0.0185. The topological polar surface area (TPSA) is 44.8 Å². The van der Waals surface area contributed by atoms with Gasteiger partial charge in [-0.2, -0.15) is 0 Å². The van der Waals surface area contributed by atoms with Crippen molar-refractivity contribution in [1.29, 1.82) is 0 Å². The summed E-state index contributed by atoms with van der Waals surface area (Å²) in [7, 11) is 0. The predicted octanol–water partition coefficient (Wildman–Crippen LogP) is 1.73. The average Bonchev–Trinajstić information content (AvgIpc) is 2.79. The number of hydrogen-bond donors (Lipinski definition) is 0. The molecule has 0 radical (unpaired) electrons. The van der Waals surface area contributed by atoms with Crippen molar-refractivity contribution in [2.75, 3.05) is 19.8 Å². The molecule has 4 rings (SSSR count). The van der Waals surface area contributed by atoms with Gasteiger partial charge in [0.05, 0.1) is 25.7 Å². The minimum Gasteiger partial charge on any atom is -0.466 e. The van der Waals surface area contributed by atoms with Crippen LogP contribution in [0.1, 0.15) is 32.6 Å². The molecule has 4 heteroatoms. The van der Waals surface area contributed by atoms with E-state index in [1.54, 1.807) is 0 Å². The third kappa shape index (κ3) is 1.78. The van der Waals surface area contributed by atoms with Crippen LogP contribution < -0.4 is 0 Å². The van der Waals surface area contributed by atoms with Crippen LogP contribution >= 0.6 is 0 Å². The van der Waals surface area contributed by atoms with Crippen molar-refractivity contribution in [1.82, 2.24) is 0 Å². The van der Waals surface area contributed by atoms with E-state index in [9.17, 15) is 4.79 Å². The van der Waals surface area contributed by atoms with Crippen LogP contribution in [0.2, 0.25) is 0 Å². The first-order valence-corrected chi connectivity index (χ1v) is 6.70. The molecule has 1 saturated heterocycles. The van der Waals surface area contributed by atoms with E-state index in [-0.39, 0.29) is 17.7 Å². The lowest BCUT2D eigenvalue weighted by Gasteiger charge is -2.50. The lowest BCUT2D eigenvalue weighted by atomic mass is 9.61. The van der Waals surface area contributed by atoms with Crippen LogP contribution in [0, 0.1) is 17.8 Å². The number of ether oxygens (including phenoxy) is 3. The van der Waals surface area contributed by atoms with Crippen LogP contribution in [0.4, 0.5) is 0 Å². The Bertz CT molecular complexity index is 309. The number of carbonyl (C=O) groups is 1. The number of carbonyl (C=O) groups excluding carboxylic acids is 1. The number of hydrogen-bond acceptors (Lipinski definition) is 4. The Morgan fingerprint density at radius 3 is 2.71 bits per heavy atom. The standard InChI is InChI=1S/C13H20O4/c1-2-15-12(14)11-7-10-4-3-9(11)8-13(10)16-5-6-17-13/h9-11H,2-8H2,1H3/t9-,10+,11+/m1/s1. The van der Waals surface area contributed by atoms with E-state index >= 15 is 0 Å². The van der Waals surface area contributed by atoms with Gasteiger partial charge < -0.3 is 14.2 Å². The third-order valence-corrected chi connectivity index (χ3v) is 4.53. The van der Waals surface area contributed by atoms with Crippen molar-refractivity contribution >= 4 is 5.97 Å². The smallest absolute Gasteiger partial charge is 0.309 e. The lowest BCUT2D eigenvalue weighted by molar-refractivity contribution is -0.250. The summed E-state index contributed by atoms with van der Waals surface area (Å²) < 4.78 is 16.8. The van der Waals surface area contributed by atoms with E-state index in [1.165, 1.54) is 0 Å². The highest BCUT2D eigenvalue weighted by molar-refractivity contribution is 5.73. The van der Waals surface area contributed by atoms with Crippen molar-refractivity contribution in [3.63, 3.8) is 0 Å². The molecule has 3 aliphatic carbocycles. The van der Waals surface area contributed by atoms with Gasteiger partial charge in [0, 0.05) is 12.3 Å². The second kappa shape index (κ2) is 4.25. The molecule has 0 amide bonds. The Morgan fingerprint density at radius 2 is 2.12 bits per heavy atom. The predicted molar refractivity (Wildman–Crippen MR) is 60.2 cm³/mol. The van der Waals surface area contributed by atoms with Crippen LogP contribution in [-0.4, -0.2) is 31.6 Å². The maximum absolute atomic E-state index is 11.9. The van der Waals surface area contributed by atoms with Gasteiger partial charge >= 0.3 is 5.97 Å². The molecule has 0 N–H and O–H groups in total. The maximum Gasteiger partial charge on any atom is 0.309 e. The van der Waals surface area contributed by atoms with Crippen molar-refractivity contribution in [2.45, 2.75) is 38.4 Å². The summed E-state index contributed by atoms with van der Waals surface area (Å²) in [5.41, 5.74) is 0. The zero-order valence-electron chi connectivity index (χ0n) is 10.3. The summed E-state index contributed by atoms with van der Waals surface area (Å²) in [4.78, 5) is 11.9. The van der Waals surface area contributed by atoms with Gasteiger partial charge in [-0.25, -0.2) is 0 Å². The molecule has 3 saturated carbocycles. The molecule has 17 heavy (non-hydrogen) atoms. The SMILES string of the molecule is CCOC(=O)[C@H]1C[C@@H]2CC[C@@H]1CC21OCCO1. The quantitative estimate of drug-likeness (QED) is 0.689. The molecule has 1 spiro atoms. The monoisotopic (exact) mass is 240 g/mol. The fraction of sp³-hybridized carbons (Fsp3) is 0.923. The van der Waals surface area contributed by atoms with Gasteiger partial charge in [0.1, 0.15) is 0 Å². The van der Waals surface area contributed by atoms with Gasteiger partial charge in [-0.1, -0.05) is 0 Å². The molecule has 4 fully saturated rings. The Kier molecular flexibility index (Phi) is 2.87. The van der Waals surface area contributed by atoms with Gasteiger partial charge in [0.25, 0.3) is 0 Å². The highest BCUT2D eigenvalue weighted by Gasteiger charge is 2.56. The van der Waals surface area contributed by atoms with Gasteiger partial charge in [0.2, 0.25) is 0 Å². The molecule has 0 aromatic rings. The molecule has 0 aromatic carbocycles. The van der Waals surface area contributed by atoms with Crippen LogP contribution in [0.25, 0.3) is 0 Å². The maximum atomic E-state index is 11.9. The van der Waals surface area contributed by atoms with Gasteiger partial charge in [-0.15, -0.1) is 0 Å². The van der Waals surface area contributed by atoms with Crippen LogP contribution in [0.3, 0.4) is 0 Å².